The van der Waals surface area contributed by atoms with Crippen LogP contribution >= 0.6 is 0 Å². The smallest absolute Gasteiger partial charge is 0.343 e. The maximum atomic E-state index is 12.6. The number of hydrogen-bond acceptors (Lipinski definition) is 10. The molecule has 0 amide bonds. The number of esters is 2. The molecule has 0 atom stereocenters. The van der Waals surface area contributed by atoms with Crippen LogP contribution in [0.5, 0.6) is 23.0 Å². The molecule has 3 aromatic carbocycles. The molecule has 0 bridgehead atoms. The number of unbranched alkanes of at least 4 members (excludes halogenated alkanes) is 2. The molecule has 2 aliphatic rings. The van der Waals surface area contributed by atoms with Crippen molar-refractivity contribution in [1.29, 1.82) is 0 Å². The van der Waals surface area contributed by atoms with Crippen LogP contribution in [0.4, 0.5) is 0 Å². The van der Waals surface area contributed by atoms with Crippen LogP contribution in [-0.2, 0) is 14.2 Å². The maximum Gasteiger partial charge on any atom is 0.343 e. The summed E-state index contributed by atoms with van der Waals surface area (Å²) in [7, 11) is 0. The van der Waals surface area contributed by atoms with Crippen LogP contribution in [-0.4, -0.2) is 76.5 Å². The van der Waals surface area contributed by atoms with Crippen molar-refractivity contribution in [3.8, 4) is 23.0 Å². The molecule has 2 heterocycles. The highest BCUT2D eigenvalue weighted by atomic mass is 16.5. The van der Waals surface area contributed by atoms with Crippen LogP contribution < -0.4 is 18.9 Å². The van der Waals surface area contributed by atoms with Crippen molar-refractivity contribution in [3.05, 3.63) is 83.9 Å². The lowest BCUT2D eigenvalue weighted by molar-refractivity contribution is -0.150. The molecule has 2 saturated heterocycles. The van der Waals surface area contributed by atoms with Crippen LogP contribution in [0.15, 0.2) is 72.8 Å². The fourth-order valence-corrected chi connectivity index (χ4v) is 5.30. The summed E-state index contributed by atoms with van der Waals surface area (Å²) in [5.41, 5.74) is 1.56. The van der Waals surface area contributed by atoms with Gasteiger partial charge in [-0.2, -0.15) is 0 Å². The first-order chi connectivity index (χ1) is 24.8. The van der Waals surface area contributed by atoms with Crippen LogP contribution in [0.25, 0.3) is 0 Å². The number of carbonyl (C=O) groups is 2. The zero-order chi connectivity index (χ0) is 36.4. The van der Waals surface area contributed by atoms with Crippen molar-refractivity contribution in [2.45, 2.75) is 65.7 Å². The number of aliphatic hydroxyl groups excluding tert-OH is 1. The molecule has 0 unspecified atom stereocenters. The number of hydrogen-bond donors (Lipinski definition) is 1. The highest BCUT2D eigenvalue weighted by Crippen LogP contribution is 2.34. The minimum atomic E-state index is -0.517. The summed E-state index contributed by atoms with van der Waals surface area (Å²) in [5, 5.41) is 8.82. The summed E-state index contributed by atoms with van der Waals surface area (Å²) < 4.78 is 38.5. The van der Waals surface area contributed by atoms with E-state index in [0.29, 0.717) is 65.8 Å². The van der Waals surface area contributed by atoms with E-state index in [0.717, 1.165) is 58.7 Å². The highest BCUT2D eigenvalue weighted by molar-refractivity contribution is 5.92. The van der Waals surface area contributed by atoms with E-state index in [4.69, 9.17) is 38.3 Å². The van der Waals surface area contributed by atoms with E-state index < -0.39 is 11.9 Å². The molecule has 0 aliphatic carbocycles. The minimum absolute atomic E-state index is 0.135. The fourth-order valence-electron chi connectivity index (χ4n) is 5.30. The van der Waals surface area contributed by atoms with Gasteiger partial charge >= 0.3 is 11.9 Å². The summed E-state index contributed by atoms with van der Waals surface area (Å²) in [6, 6.07) is 19.7. The first-order valence-corrected chi connectivity index (χ1v) is 18.2. The van der Waals surface area contributed by atoms with Gasteiger partial charge in [-0.05, 0) is 118 Å². The highest BCUT2D eigenvalue weighted by Gasteiger charge is 2.37. The molecule has 51 heavy (non-hydrogen) atoms. The minimum Gasteiger partial charge on any atom is -0.494 e. The maximum absolute atomic E-state index is 12.6. The Kier molecular flexibility index (Phi) is 16.2. The number of benzene rings is 3. The van der Waals surface area contributed by atoms with Crippen LogP contribution in [0.1, 0.15) is 86.4 Å². The second-order valence-corrected chi connectivity index (χ2v) is 13.2. The third kappa shape index (κ3) is 12.6. The number of carbonyl (C=O) groups excluding carboxylic acids is 2. The van der Waals surface area contributed by atoms with Gasteiger partial charge in [0.05, 0.1) is 57.4 Å². The van der Waals surface area contributed by atoms with Gasteiger partial charge in [-0.15, -0.1) is 0 Å². The van der Waals surface area contributed by atoms with Crippen molar-refractivity contribution >= 4 is 11.9 Å². The van der Waals surface area contributed by atoms with E-state index in [1.807, 2.05) is 0 Å². The number of ether oxygens (including phenoxy) is 7. The third-order valence-electron chi connectivity index (χ3n) is 9.49. The second-order valence-electron chi connectivity index (χ2n) is 13.2. The quantitative estimate of drug-likeness (QED) is 0.0711. The molecule has 5 rings (SSSR count). The van der Waals surface area contributed by atoms with Gasteiger partial charge in [0, 0.05) is 24.0 Å². The van der Waals surface area contributed by atoms with Crippen LogP contribution in [0.3, 0.4) is 0 Å². The van der Waals surface area contributed by atoms with Crippen molar-refractivity contribution in [2.24, 2.45) is 10.8 Å². The Hall–Kier alpha value is -3.96. The first kappa shape index (κ1) is 39.8. The predicted octanol–water partition coefficient (Wildman–Crippen LogP) is 7.70. The average Bonchev–Trinajstić information content (AvgIpc) is 3.12. The summed E-state index contributed by atoms with van der Waals surface area (Å²) in [6.45, 7) is 12.9. The lowest BCUT2D eigenvalue weighted by atomic mass is 9.81. The third-order valence-corrected chi connectivity index (χ3v) is 9.49. The van der Waals surface area contributed by atoms with Crippen molar-refractivity contribution in [1.82, 2.24) is 0 Å². The largest absolute Gasteiger partial charge is 0.494 e. The SMILES string of the molecule is CCC1(CC)COC1.CCC1(COCCCCOc2ccc(C(=O)Oc3ccc(OC(=O)c4ccc(OCCCCO)cc4)cc3)cc2)COC1. The van der Waals surface area contributed by atoms with E-state index in [1.54, 1.807) is 72.8 Å². The van der Waals surface area contributed by atoms with Gasteiger partial charge < -0.3 is 38.3 Å². The summed E-state index contributed by atoms with van der Waals surface area (Å²) in [6.07, 6.45) is 6.86. The van der Waals surface area contributed by atoms with E-state index >= 15 is 0 Å². The van der Waals surface area contributed by atoms with Gasteiger partial charge in [-0.25, -0.2) is 9.59 Å². The number of aliphatic hydroxyl groups is 1. The number of rotatable bonds is 20. The molecule has 0 aromatic heterocycles. The van der Waals surface area contributed by atoms with E-state index in [-0.39, 0.29) is 12.0 Å². The van der Waals surface area contributed by atoms with Crippen LogP contribution in [0, 0.1) is 10.8 Å². The average molecular weight is 707 g/mol. The van der Waals surface area contributed by atoms with E-state index in [9.17, 15) is 9.59 Å². The van der Waals surface area contributed by atoms with Gasteiger partial charge in [-0.3, -0.25) is 0 Å². The second kappa shape index (κ2) is 20.8. The first-order valence-electron chi connectivity index (χ1n) is 18.2. The topological polar surface area (TPSA) is 119 Å². The lowest BCUT2D eigenvalue weighted by Crippen LogP contribution is -2.45. The fraction of sp³-hybridized carbons (Fsp3) is 0.512. The Bertz CT molecular complexity index is 1430. The molecule has 278 valence electrons. The Morgan fingerprint density at radius 3 is 1.31 bits per heavy atom. The van der Waals surface area contributed by atoms with E-state index in [1.165, 1.54) is 12.8 Å². The molecule has 2 fully saturated rings. The van der Waals surface area contributed by atoms with Crippen molar-refractivity contribution in [2.75, 3.05) is 59.5 Å². The molecule has 0 spiro atoms. The Morgan fingerprint density at radius 1 is 0.569 bits per heavy atom. The lowest BCUT2D eigenvalue weighted by Gasteiger charge is -2.40. The molecular formula is C41H54O10. The molecular weight excluding hydrogens is 652 g/mol. The Morgan fingerprint density at radius 2 is 0.961 bits per heavy atom. The zero-order valence-electron chi connectivity index (χ0n) is 30.4. The molecule has 1 N–H and O–H groups in total. The molecule has 10 heteroatoms. The Balaban J connectivity index is 0.000000641. The van der Waals surface area contributed by atoms with Gasteiger partial charge in [0.1, 0.15) is 23.0 Å². The normalized spacial score (nSPS) is 15.3. The summed E-state index contributed by atoms with van der Waals surface area (Å²) in [5.74, 6) is 0.940. The summed E-state index contributed by atoms with van der Waals surface area (Å²) in [4.78, 5) is 25.1. The molecule has 0 radical (unpaired) electrons. The van der Waals surface area contributed by atoms with Gasteiger partial charge in [-0.1, -0.05) is 20.8 Å². The predicted molar refractivity (Wildman–Crippen MR) is 194 cm³/mol. The van der Waals surface area contributed by atoms with Gasteiger partial charge in [0.15, 0.2) is 0 Å². The molecule has 0 saturated carbocycles. The summed E-state index contributed by atoms with van der Waals surface area (Å²) >= 11 is 0. The van der Waals surface area contributed by atoms with Crippen molar-refractivity contribution < 1.29 is 47.9 Å². The van der Waals surface area contributed by atoms with Gasteiger partial charge in [0.25, 0.3) is 0 Å². The van der Waals surface area contributed by atoms with Crippen molar-refractivity contribution in [3.63, 3.8) is 0 Å². The zero-order valence-corrected chi connectivity index (χ0v) is 30.4. The standard InChI is InChI=1S/C34H40O9.C7H14O/c1-2-34(24-39-25-34)23-38-20-5-6-22-41-29-13-9-27(10-14-29)33(37)43-31-17-15-30(16-18-31)42-32(36)26-7-11-28(12-8-26)40-21-4-3-19-35;1-3-7(4-2)5-8-6-7/h7-18,35H,2-6,19-25H2,1H3;3-6H2,1-2H3. The van der Waals surface area contributed by atoms with E-state index in [2.05, 4.69) is 20.8 Å². The molecule has 3 aromatic rings. The molecule has 2 aliphatic heterocycles. The monoisotopic (exact) mass is 706 g/mol. The van der Waals surface area contributed by atoms with Gasteiger partial charge in [0.2, 0.25) is 0 Å². The Labute approximate surface area is 302 Å². The molecule has 10 nitrogen and oxygen atoms in total. The van der Waals surface area contributed by atoms with Crippen LogP contribution in [0.2, 0.25) is 0 Å².